The Morgan fingerprint density at radius 3 is 2.10 bits per heavy atom. The second-order valence-corrected chi connectivity index (χ2v) is 2.05. The van der Waals surface area contributed by atoms with Crippen molar-refractivity contribution in [1.82, 2.24) is 4.90 Å². The van der Waals surface area contributed by atoms with Crippen LogP contribution in [0.1, 0.15) is 6.42 Å². The summed E-state index contributed by atoms with van der Waals surface area (Å²) < 4.78 is 0. The first-order chi connectivity index (χ1) is 4.68. The third kappa shape index (κ3) is 26.3. The van der Waals surface area contributed by atoms with Crippen molar-refractivity contribution < 1.29 is 9.90 Å². The lowest BCUT2D eigenvalue weighted by atomic mass is 10.4. The Kier molecular flexibility index (Phi) is 13.6. The number of rotatable bonds is 3. The molecule has 0 atom stereocenters. The predicted molar refractivity (Wildman–Crippen MR) is 40.9 cm³/mol. The van der Waals surface area contributed by atoms with Crippen molar-refractivity contribution >= 4 is 6.47 Å². The molecule has 0 aromatic carbocycles. The highest BCUT2D eigenvalue weighted by molar-refractivity contribution is 5.32. The predicted octanol–water partition coefficient (Wildman–Crippen LogP) is -0.402. The average molecular weight is 148 g/mol. The Hall–Kier alpha value is -0.610. The summed E-state index contributed by atoms with van der Waals surface area (Å²) in [4.78, 5) is 10.5. The zero-order valence-electron chi connectivity index (χ0n) is 6.58. The molecule has 0 radical (unpaired) electrons. The maximum Gasteiger partial charge on any atom is 0.290 e. The Balaban J connectivity index is 0. The summed E-state index contributed by atoms with van der Waals surface area (Å²) in [7, 11) is 4.10. The van der Waals surface area contributed by atoms with E-state index in [2.05, 4.69) is 19.0 Å². The van der Waals surface area contributed by atoms with Gasteiger partial charge in [0, 0.05) is 0 Å². The van der Waals surface area contributed by atoms with Gasteiger partial charge < -0.3 is 15.7 Å². The van der Waals surface area contributed by atoms with Crippen LogP contribution in [0.3, 0.4) is 0 Å². The third-order valence-electron chi connectivity index (χ3n) is 0.809. The first-order valence-corrected chi connectivity index (χ1v) is 3.11. The molecule has 4 heteroatoms. The van der Waals surface area contributed by atoms with Gasteiger partial charge in [-0.2, -0.15) is 0 Å². The van der Waals surface area contributed by atoms with Gasteiger partial charge in [0.25, 0.3) is 6.47 Å². The fourth-order valence-corrected chi connectivity index (χ4v) is 0.408. The second kappa shape index (κ2) is 11.2. The molecule has 0 fully saturated rings. The van der Waals surface area contributed by atoms with E-state index in [0.717, 1.165) is 19.5 Å². The van der Waals surface area contributed by atoms with Gasteiger partial charge in [-0.05, 0) is 33.6 Å². The molecule has 0 heterocycles. The van der Waals surface area contributed by atoms with Gasteiger partial charge in [0.1, 0.15) is 0 Å². The molecule has 0 aliphatic carbocycles. The molecule has 0 aromatic rings. The van der Waals surface area contributed by atoms with Crippen molar-refractivity contribution in [1.29, 1.82) is 0 Å². The van der Waals surface area contributed by atoms with Crippen molar-refractivity contribution in [3.8, 4) is 0 Å². The van der Waals surface area contributed by atoms with E-state index < -0.39 is 0 Å². The molecule has 3 N–H and O–H groups in total. The molecule has 0 saturated carbocycles. The zero-order chi connectivity index (χ0) is 8.41. The molecule has 0 rings (SSSR count). The van der Waals surface area contributed by atoms with Crippen molar-refractivity contribution in [2.45, 2.75) is 6.42 Å². The van der Waals surface area contributed by atoms with E-state index in [-0.39, 0.29) is 6.47 Å². The molecule has 0 unspecified atom stereocenters. The van der Waals surface area contributed by atoms with Crippen molar-refractivity contribution in [2.24, 2.45) is 5.73 Å². The largest absolute Gasteiger partial charge is 0.483 e. The summed E-state index contributed by atoms with van der Waals surface area (Å²) in [6, 6.07) is 0. The molecule has 0 spiro atoms. The smallest absolute Gasteiger partial charge is 0.290 e. The molecule has 10 heavy (non-hydrogen) atoms. The molecular weight excluding hydrogens is 132 g/mol. The van der Waals surface area contributed by atoms with E-state index in [1.165, 1.54) is 0 Å². The lowest BCUT2D eigenvalue weighted by Gasteiger charge is -2.05. The second-order valence-electron chi connectivity index (χ2n) is 2.05. The molecule has 0 aromatic heterocycles. The standard InChI is InChI=1S/C5H14N2.CH2O2/c1-7(2)5-3-4-6;2-1-3/h3-6H2,1-2H3;1H,(H,2,3). The fourth-order valence-electron chi connectivity index (χ4n) is 0.408. The Morgan fingerprint density at radius 2 is 2.00 bits per heavy atom. The minimum absolute atomic E-state index is 0.250. The quantitative estimate of drug-likeness (QED) is 0.534. The van der Waals surface area contributed by atoms with Crippen LogP contribution >= 0.6 is 0 Å². The Morgan fingerprint density at radius 1 is 1.60 bits per heavy atom. The number of hydrogen-bond donors (Lipinski definition) is 2. The van der Waals surface area contributed by atoms with E-state index in [1.54, 1.807) is 0 Å². The summed E-state index contributed by atoms with van der Waals surface area (Å²) in [5.74, 6) is 0. The topological polar surface area (TPSA) is 66.6 Å². The van der Waals surface area contributed by atoms with E-state index in [0.29, 0.717) is 0 Å². The monoisotopic (exact) mass is 148 g/mol. The minimum Gasteiger partial charge on any atom is -0.483 e. The van der Waals surface area contributed by atoms with Gasteiger partial charge in [-0.25, -0.2) is 0 Å². The van der Waals surface area contributed by atoms with Crippen LogP contribution in [0.5, 0.6) is 0 Å². The first-order valence-electron chi connectivity index (χ1n) is 3.11. The number of nitrogens with zero attached hydrogens (tertiary/aromatic N) is 1. The molecular formula is C6H16N2O2. The molecule has 0 saturated heterocycles. The lowest BCUT2D eigenvalue weighted by Crippen LogP contribution is -2.16. The van der Waals surface area contributed by atoms with Gasteiger partial charge in [0.05, 0.1) is 0 Å². The molecule has 0 aliphatic heterocycles. The highest BCUT2D eigenvalue weighted by Crippen LogP contribution is 1.76. The normalized spacial score (nSPS) is 8.40. The van der Waals surface area contributed by atoms with E-state index >= 15 is 0 Å². The molecule has 4 nitrogen and oxygen atoms in total. The number of carbonyl (C=O) groups is 1. The average Bonchev–Trinajstić information content (AvgIpc) is 1.85. The van der Waals surface area contributed by atoms with Crippen molar-refractivity contribution in [2.75, 3.05) is 27.2 Å². The van der Waals surface area contributed by atoms with E-state index in [1.807, 2.05) is 0 Å². The zero-order valence-corrected chi connectivity index (χ0v) is 6.58. The van der Waals surface area contributed by atoms with Gasteiger partial charge in [-0.3, -0.25) is 4.79 Å². The summed E-state index contributed by atoms with van der Waals surface area (Å²) >= 11 is 0. The van der Waals surface area contributed by atoms with Crippen LogP contribution in [0.4, 0.5) is 0 Å². The van der Waals surface area contributed by atoms with Crippen LogP contribution in [0, 0.1) is 0 Å². The lowest BCUT2D eigenvalue weighted by molar-refractivity contribution is -0.122. The van der Waals surface area contributed by atoms with Crippen LogP contribution in [-0.2, 0) is 4.79 Å². The van der Waals surface area contributed by atoms with Gasteiger partial charge in [-0.15, -0.1) is 0 Å². The van der Waals surface area contributed by atoms with Crippen molar-refractivity contribution in [3.05, 3.63) is 0 Å². The van der Waals surface area contributed by atoms with Crippen LogP contribution < -0.4 is 5.73 Å². The highest BCUT2D eigenvalue weighted by Gasteiger charge is 1.83. The third-order valence-corrected chi connectivity index (χ3v) is 0.809. The molecule has 0 bridgehead atoms. The van der Waals surface area contributed by atoms with Gasteiger partial charge in [0.15, 0.2) is 0 Å². The number of carboxylic acid groups (broad SMARTS) is 1. The molecule has 0 amide bonds. The summed E-state index contributed by atoms with van der Waals surface area (Å²) in [5, 5.41) is 6.89. The molecule has 62 valence electrons. The molecule has 0 aliphatic rings. The highest BCUT2D eigenvalue weighted by atomic mass is 16.3. The Bertz CT molecular complexity index is 66.8. The summed E-state index contributed by atoms with van der Waals surface area (Å²) in [5.41, 5.74) is 5.25. The summed E-state index contributed by atoms with van der Waals surface area (Å²) in [6.45, 7) is 1.66. The fraction of sp³-hybridized carbons (Fsp3) is 0.833. The minimum atomic E-state index is -0.250. The van der Waals surface area contributed by atoms with Crippen molar-refractivity contribution in [3.63, 3.8) is 0 Å². The van der Waals surface area contributed by atoms with E-state index in [9.17, 15) is 0 Å². The van der Waals surface area contributed by atoms with Crippen LogP contribution in [0.2, 0.25) is 0 Å². The summed E-state index contributed by atoms with van der Waals surface area (Å²) in [6.07, 6.45) is 1.10. The van der Waals surface area contributed by atoms with Gasteiger partial charge in [-0.1, -0.05) is 0 Å². The number of nitrogens with two attached hydrogens (primary N) is 1. The maximum atomic E-state index is 8.36. The number of hydrogen-bond acceptors (Lipinski definition) is 3. The van der Waals surface area contributed by atoms with Gasteiger partial charge >= 0.3 is 0 Å². The SMILES string of the molecule is CN(C)CCCN.O=CO. The van der Waals surface area contributed by atoms with Crippen LogP contribution in [-0.4, -0.2) is 43.7 Å². The van der Waals surface area contributed by atoms with Crippen LogP contribution in [0.25, 0.3) is 0 Å². The van der Waals surface area contributed by atoms with Crippen LogP contribution in [0.15, 0.2) is 0 Å². The first kappa shape index (κ1) is 12.1. The Labute approximate surface area is 61.6 Å². The van der Waals surface area contributed by atoms with Gasteiger partial charge in [0.2, 0.25) is 0 Å². The maximum absolute atomic E-state index is 8.36. The van der Waals surface area contributed by atoms with E-state index in [4.69, 9.17) is 15.6 Å².